The van der Waals surface area contributed by atoms with Crippen LogP contribution in [0, 0.1) is 6.92 Å². The maximum Gasteiger partial charge on any atom is 0.233 e. The number of nitrogen functional groups attached to an aromatic ring is 1. The average molecular weight is 351 g/mol. The van der Waals surface area contributed by atoms with E-state index in [0.29, 0.717) is 24.1 Å². The zero-order valence-electron chi connectivity index (χ0n) is 13.9. The fraction of sp³-hybridized carbons (Fsp3) is 0.533. The summed E-state index contributed by atoms with van der Waals surface area (Å²) in [5.74, 6) is 7.61. The Kier molecular flexibility index (Phi) is 4.81. The van der Waals surface area contributed by atoms with Crippen LogP contribution >= 0.6 is 11.8 Å². The number of ether oxygens (including phenoxy) is 1. The number of aromatic nitrogens is 3. The van der Waals surface area contributed by atoms with Crippen LogP contribution in [0.4, 0.5) is 0 Å². The van der Waals surface area contributed by atoms with Crippen LogP contribution < -0.4 is 5.84 Å². The molecule has 0 bridgehead atoms. The molecule has 1 aliphatic heterocycles. The van der Waals surface area contributed by atoms with E-state index in [4.69, 9.17) is 15.0 Å². The van der Waals surface area contributed by atoms with Crippen LogP contribution in [0.3, 0.4) is 0 Å². The number of thioether (sulfide) groups is 1. The molecule has 1 aliphatic rings. The first-order valence-electron chi connectivity index (χ1n) is 7.76. The predicted octanol–water partition coefficient (Wildman–Crippen LogP) is 1.29. The van der Waals surface area contributed by atoms with Gasteiger partial charge in [0.25, 0.3) is 0 Å². The zero-order valence-corrected chi connectivity index (χ0v) is 14.7. The summed E-state index contributed by atoms with van der Waals surface area (Å²) in [7, 11) is 0. The second-order valence-electron chi connectivity index (χ2n) is 5.91. The minimum Gasteiger partial charge on any atom is -0.469 e. The second kappa shape index (κ2) is 6.86. The van der Waals surface area contributed by atoms with Gasteiger partial charge < -0.3 is 19.9 Å². The Morgan fingerprint density at radius 3 is 2.71 bits per heavy atom. The smallest absolute Gasteiger partial charge is 0.233 e. The highest BCUT2D eigenvalue weighted by molar-refractivity contribution is 7.99. The Hall–Kier alpha value is -2.00. The molecule has 1 saturated heterocycles. The molecule has 2 atom stereocenters. The molecule has 1 amide bonds. The van der Waals surface area contributed by atoms with Gasteiger partial charge >= 0.3 is 0 Å². The molecule has 2 aromatic rings. The Bertz CT molecular complexity index is 719. The van der Waals surface area contributed by atoms with Gasteiger partial charge in [0.15, 0.2) is 5.82 Å². The molecule has 0 aromatic carbocycles. The number of nitrogens with zero attached hydrogens (tertiary/aromatic N) is 4. The van der Waals surface area contributed by atoms with Crippen molar-refractivity contribution in [2.24, 2.45) is 0 Å². The van der Waals surface area contributed by atoms with Gasteiger partial charge in [-0.05, 0) is 26.8 Å². The molecule has 3 heterocycles. The summed E-state index contributed by atoms with van der Waals surface area (Å²) in [5.41, 5.74) is 0.791. The van der Waals surface area contributed by atoms with Gasteiger partial charge in [0, 0.05) is 13.1 Å². The minimum atomic E-state index is 0.0473. The average Bonchev–Trinajstić information content (AvgIpc) is 3.09. The van der Waals surface area contributed by atoms with E-state index in [2.05, 4.69) is 10.2 Å². The van der Waals surface area contributed by atoms with Crippen LogP contribution in [-0.4, -0.2) is 56.7 Å². The lowest BCUT2D eigenvalue weighted by atomic mass is 10.2. The predicted molar refractivity (Wildman–Crippen MR) is 89.9 cm³/mol. The first kappa shape index (κ1) is 16.8. The maximum absolute atomic E-state index is 12.4. The lowest BCUT2D eigenvalue weighted by molar-refractivity contribution is -0.140. The van der Waals surface area contributed by atoms with Crippen molar-refractivity contribution in [2.45, 2.75) is 38.1 Å². The Morgan fingerprint density at radius 1 is 1.38 bits per heavy atom. The van der Waals surface area contributed by atoms with E-state index < -0.39 is 0 Å². The monoisotopic (exact) mass is 351 g/mol. The molecule has 0 saturated carbocycles. The number of amides is 1. The topological polar surface area (TPSA) is 99.4 Å². The molecule has 130 valence electrons. The van der Waals surface area contributed by atoms with Gasteiger partial charge in [-0.25, -0.2) is 4.68 Å². The number of hydrogen-bond acceptors (Lipinski definition) is 7. The van der Waals surface area contributed by atoms with Crippen LogP contribution in [0.15, 0.2) is 21.9 Å². The van der Waals surface area contributed by atoms with E-state index in [1.807, 2.05) is 25.7 Å². The molecule has 0 unspecified atom stereocenters. The van der Waals surface area contributed by atoms with Gasteiger partial charge in [-0.1, -0.05) is 11.8 Å². The van der Waals surface area contributed by atoms with Crippen molar-refractivity contribution in [1.82, 2.24) is 19.8 Å². The second-order valence-corrected chi connectivity index (χ2v) is 6.85. The van der Waals surface area contributed by atoms with Crippen LogP contribution in [0.1, 0.15) is 19.6 Å². The third kappa shape index (κ3) is 3.41. The van der Waals surface area contributed by atoms with Crippen LogP contribution in [0.5, 0.6) is 0 Å². The van der Waals surface area contributed by atoms with Gasteiger partial charge in [0.05, 0.1) is 29.8 Å². The molecular weight excluding hydrogens is 330 g/mol. The van der Waals surface area contributed by atoms with E-state index >= 15 is 0 Å². The van der Waals surface area contributed by atoms with Crippen molar-refractivity contribution in [2.75, 3.05) is 24.7 Å². The summed E-state index contributed by atoms with van der Waals surface area (Å²) in [6.45, 7) is 7.00. The van der Waals surface area contributed by atoms with Gasteiger partial charge in [-0.2, -0.15) is 0 Å². The largest absolute Gasteiger partial charge is 0.469 e. The maximum atomic E-state index is 12.4. The molecule has 24 heavy (non-hydrogen) atoms. The summed E-state index contributed by atoms with van der Waals surface area (Å²) in [6, 6.07) is 1.79. The number of hydrogen-bond donors (Lipinski definition) is 1. The molecule has 0 spiro atoms. The van der Waals surface area contributed by atoms with E-state index in [1.54, 1.807) is 12.3 Å². The third-order valence-corrected chi connectivity index (χ3v) is 4.79. The van der Waals surface area contributed by atoms with Crippen molar-refractivity contribution in [3.8, 4) is 11.4 Å². The summed E-state index contributed by atoms with van der Waals surface area (Å²) in [5, 5.41) is 8.66. The van der Waals surface area contributed by atoms with Gasteiger partial charge in [-0.3, -0.25) is 4.79 Å². The highest BCUT2D eigenvalue weighted by Crippen LogP contribution is 2.25. The minimum absolute atomic E-state index is 0.0473. The van der Waals surface area contributed by atoms with E-state index in [9.17, 15) is 4.79 Å². The van der Waals surface area contributed by atoms with Crippen LogP contribution in [0.2, 0.25) is 0 Å². The van der Waals surface area contributed by atoms with Crippen molar-refractivity contribution in [1.29, 1.82) is 0 Å². The van der Waals surface area contributed by atoms with E-state index in [1.165, 1.54) is 16.4 Å². The number of aryl methyl sites for hydroxylation is 1. The van der Waals surface area contributed by atoms with Crippen molar-refractivity contribution in [3.05, 3.63) is 18.1 Å². The zero-order chi connectivity index (χ0) is 17.3. The quantitative estimate of drug-likeness (QED) is 0.654. The van der Waals surface area contributed by atoms with Crippen molar-refractivity contribution >= 4 is 17.7 Å². The molecule has 2 aromatic heterocycles. The van der Waals surface area contributed by atoms with E-state index in [0.717, 1.165) is 11.3 Å². The number of carbonyl (C=O) groups is 1. The molecule has 2 N–H and O–H groups in total. The fourth-order valence-electron chi connectivity index (χ4n) is 2.78. The number of furan rings is 1. The standard InChI is InChI=1S/C15H21N5O3S/c1-9-6-19(7-10(2)23-9)13(21)8-24-15-18-17-14(20(15)16)12-4-5-22-11(12)3/h4-5,9-10H,6-8,16H2,1-3H3/t9-,10+. The van der Waals surface area contributed by atoms with Crippen molar-refractivity contribution in [3.63, 3.8) is 0 Å². The fourth-order valence-corrected chi connectivity index (χ4v) is 3.53. The lowest BCUT2D eigenvalue weighted by Gasteiger charge is -2.35. The summed E-state index contributed by atoms with van der Waals surface area (Å²) in [4.78, 5) is 14.2. The number of carbonyl (C=O) groups excluding carboxylic acids is 1. The highest BCUT2D eigenvalue weighted by atomic mass is 32.2. The van der Waals surface area contributed by atoms with Crippen LogP contribution in [0.25, 0.3) is 11.4 Å². The first-order chi connectivity index (χ1) is 11.5. The SMILES string of the molecule is Cc1occc1-c1nnc(SCC(=O)N2C[C@@H](C)O[C@@H](C)C2)n1N. The summed E-state index contributed by atoms with van der Waals surface area (Å²) < 4.78 is 12.3. The number of morpholine rings is 1. The van der Waals surface area contributed by atoms with Crippen molar-refractivity contribution < 1.29 is 13.9 Å². The van der Waals surface area contributed by atoms with Crippen LogP contribution in [-0.2, 0) is 9.53 Å². The molecule has 0 radical (unpaired) electrons. The van der Waals surface area contributed by atoms with E-state index in [-0.39, 0.29) is 23.9 Å². The molecule has 9 heteroatoms. The van der Waals surface area contributed by atoms with Gasteiger partial charge in [0.1, 0.15) is 5.76 Å². The highest BCUT2D eigenvalue weighted by Gasteiger charge is 2.26. The number of rotatable bonds is 4. The molecule has 3 rings (SSSR count). The van der Waals surface area contributed by atoms with Gasteiger partial charge in [0.2, 0.25) is 11.1 Å². The summed E-state index contributed by atoms with van der Waals surface area (Å²) in [6.07, 6.45) is 1.68. The lowest BCUT2D eigenvalue weighted by Crippen LogP contribution is -2.48. The van der Waals surface area contributed by atoms with Gasteiger partial charge in [-0.15, -0.1) is 10.2 Å². The Balaban J connectivity index is 1.64. The molecule has 8 nitrogen and oxygen atoms in total. The normalized spacial score (nSPS) is 21.2. The molecule has 0 aliphatic carbocycles. The Labute approximate surface area is 144 Å². The first-order valence-corrected chi connectivity index (χ1v) is 8.75. The molecular formula is C15H21N5O3S. The Morgan fingerprint density at radius 2 is 2.08 bits per heavy atom. The number of nitrogens with two attached hydrogens (primary N) is 1. The summed E-state index contributed by atoms with van der Waals surface area (Å²) >= 11 is 1.28. The third-order valence-electron chi connectivity index (χ3n) is 3.86. The molecule has 1 fully saturated rings.